The van der Waals surface area contributed by atoms with Crippen molar-refractivity contribution >= 4 is 0 Å². The van der Waals surface area contributed by atoms with Crippen LogP contribution in [0.2, 0.25) is 0 Å². The van der Waals surface area contributed by atoms with E-state index in [9.17, 15) is 0 Å². The number of benzene rings is 2. The Kier molecular flexibility index (Phi) is 7.85. The lowest BCUT2D eigenvalue weighted by Gasteiger charge is -2.17. The predicted molar refractivity (Wildman–Crippen MR) is 115 cm³/mol. The summed E-state index contributed by atoms with van der Waals surface area (Å²) in [5.41, 5.74) is 3.05. The van der Waals surface area contributed by atoms with Crippen LogP contribution in [0.25, 0.3) is 11.5 Å². The second-order valence-electron chi connectivity index (χ2n) is 6.86. The minimum Gasteiger partial charge on any atom is -0.487 e. The normalized spacial score (nSPS) is 12.1. The number of nitrogens with zero attached hydrogens (tertiary/aromatic N) is 1. The fourth-order valence-electron chi connectivity index (χ4n) is 3.14. The monoisotopic (exact) mass is 394 g/mol. The van der Waals surface area contributed by atoms with Gasteiger partial charge in [-0.3, -0.25) is 5.32 Å². The standard InChI is InChI=1S/C24H30N2O3/c1-4-25-23(27-5-2)16-13-19-11-14-21(15-12-19)28-17-22-18(3)29-24(26-22)20-9-7-6-8-10-20/h6-12,14-15,23,25H,4-5,13,16-17H2,1-3H3. The number of oxazole rings is 1. The molecule has 3 rings (SSSR count). The summed E-state index contributed by atoms with van der Waals surface area (Å²) in [5, 5.41) is 3.36. The third kappa shape index (κ3) is 6.17. The van der Waals surface area contributed by atoms with Gasteiger partial charge in [0.05, 0.1) is 0 Å². The highest BCUT2D eigenvalue weighted by atomic mass is 16.5. The molecule has 5 nitrogen and oxygen atoms in total. The first-order chi connectivity index (χ1) is 14.2. The minimum absolute atomic E-state index is 0.106. The Morgan fingerprint density at radius 3 is 2.48 bits per heavy atom. The van der Waals surface area contributed by atoms with Crippen LogP contribution in [-0.2, 0) is 17.8 Å². The van der Waals surface area contributed by atoms with Gasteiger partial charge in [0.1, 0.15) is 30.0 Å². The molecular formula is C24H30N2O3. The molecule has 0 saturated heterocycles. The zero-order chi connectivity index (χ0) is 20.5. The van der Waals surface area contributed by atoms with Crippen LogP contribution in [-0.4, -0.2) is 24.4 Å². The predicted octanol–water partition coefficient (Wildman–Crippen LogP) is 5.13. The van der Waals surface area contributed by atoms with Crippen LogP contribution in [0.4, 0.5) is 0 Å². The molecule has 0 fully saturated rings. The Bertz CT molecular complexity index is 854. The molecule has 0 saturated carbocycles. The van der Waals surface area contributed by atoms with Crippen LogP contribution in [0, 0.1) is 6.92 Å². The third-order valence-electron chi connectivity index (χ3n) is 4.71. The van der Waals surface area contributed by atoms with Crippen LogP contribution >= 0.6 is 0 Å². The van der Waals surface area contributed by atoms with Crippen molar-refractivity contribution < 1.29 is 13.9 Å². The Hall–Kier alpha value is -2.63. The fourth-order valence-corrected chi connectivity index (χ4v) is 3.14. The molecule has 0 amide bonds. The van der Waals surface area contributed by atoms with Crippen molar-refractivity contribution in [2.45, 2.75) is 46.4 Å². The van der Waals surface area contributed by atoms with E-state index in [1.807, 2.05) is 56.3 Å². The van der Waals surface area contributed by atoms with E-state index < -0.39 is 0 Å². The van der Waals surface area contributed by atoms with Crippen LogP contribution < -0.4 is 10.1 Å². The van der Waals surface area contributed by atoms with Crippen LogP contribution in [0.3, 0.4) is 0 Å². The molecule has 0 aliphatic rings. The summed E-state index contributed by atoms with van der Waals surface area (Å²) in [6.07, 6.45) is 2.01. The zero-order valence-corrected chi connectivity index (χ0v) is 17.5. The molecule has 0 bridgehead atoms. The van der Waals surface area contributed by atoms with E-state index in [4.69, 9.17) is 13.9 Å². The molecule has 3 aromatic rings. The van der Waals surface area contributed by atoms with Crippen molar-refractivity contribution in [3.8, 4) is 17.2 Å². The molecule has 1 N–H and O–H groups in total. The highest BCUT2D eigenvalue weighted by Gasteiger charge is 2.12. The summed E-state index contributed by atoms with van der Waals surface area (Å²) in [6.45, 7) is 8.05. The first-order valence-electron chi connectivity index (χ1n) is 10.3. The quantitative estimate of drug-likeness (QED) is 0.457. The van der Waals surface area contributed by atoms with Gasteiger partial charge in [-0.05, 0) is 63.1 Å². The summed E-state index contributed by atoms with van der Waals surface area (Å²) in [6, 6.07) is 18.1. The lowest BCUT2D eigenvalue weighted by molar-refractivity contribution is 0.0339. The van der Waals surface area contributed by atoms with E-state index >= 15 is 0 Å². The first-order valence-corrected chi connectivity index (χ1v) is 10.3. The molecular weight excluding hydrogens is 364 g/mol. The molecule has 1 unspecified atom stereocenters. The number of nitrogens with one attached hydrogen (secondary N) is 1. The fraction of sp³-hybridized carbons (Fsp3) is 0.375. The minimum atomic E-state index is 0.106. The molecule has 5 heteroatoms. The molecule has 0 radical (unpaired) electrons. The summed E-state index contributed by atoms with van der Waals surface area (Å²) in [7, 11) is 0. The lowest BCUT2D eigenvalue weighted by atomic mass is 10.1. The van der Waals surface area contributed by atoms with Gasteiger partial charge in [-0.15, -0.1) is 0 Å². The van der Waals surface area contributed by atoms with E-state index in [0.717, 1.165) is 48.8 Å². The van der Waals surface area contributed by atoms with Gasteiger partial charge in [0.25, 0.3) is 0 Å². The Labute approximate surface area is 173 Å². The maximum absolute atomic E-state index is 5.92. The number of ether oxygens (including phenoxy) is 2. The van der Waals surface area contributed by atoms with E-state index in [2.05, 4.69) is 29.4 Å². The van der Waals surface area contributed by atoms with Crippen molar-refractivity contribution in [3.63, 3.8) is 0 Å². The average molecular weight is 395 g/mol. The third-order valence-corrected chi connectivity index (χ3v) is 4.71. The van der Waals surface area contributed by atoms with Gasteiger partial charge >= 0.3 is 0 Å². The van der Waals surface area contributed by atoms with Crippen molar-refractivity contribution in [2.75, 3.05) is 13.2 Å². The van der Waals surface area contributed by atoms with Gasteiger partial charge in [0.15, 0.2) is 0 Å². The average Bonchev–Trinajstić information content (AvgIpc) is 3.13. The van der Waals surface area contributed by atoms with Gasteiger partial charge in [-0.25, -0.2) is 4.98 Å². The van der Waals surface area contributed by atoms with Gasteiger partial charge in [0, 0.05) is 12.2 Å². The van der Waals surface area contributed by atoms with Crippen LogP contribution in [0.1, 0.15) is 37.3 Å². The highest BCUT2D eigenvalue weighted by molar-refractivity contribution is 5.53. The van der Waals surface area contributed by atoms with E-state index in [0.29, 0.717) is 12.5 Å². The number of aromatic nitrogens is 1. The van der Waals surface area contributed by atoms with Crippen LogP contribution in [0.5, 0.6) is 5.75 Å². The van der Waals surface area contributed by atoms with Crippen molar-refractivity contribution in [2.24, 2.45) is 0 Å². The molecule has 1 atom stereocenters. The van der Waals surface area contributed by atoms with Gasteiger partial charge in [0.2, 0.25) is 5.89 Å². The first kappa shape index (κ1) is 21.1. The van der Waals surface area contributed by atoms with Crippen LogP contribution in [0.15, 0.2) is 59.0 Å². The van der Waals surface area contributed by atoms with Gasteiger partial charge in [-0.1, -0.05) is 37.3 Å². The Balaban J connectivity index is 1.53. The molecule has 2 aromatic carbocycles. The second-order valence-corrected chi connectivity index (χ2v) is 6.86. The number of rotatable bonds is 11. The van der Waals surface area contributed by atoms with Gasteiger partial charge in [-0.2, -0.15) is 0 Å². The van der Waals surface area contributed by atoms with E-state index in [1.54, 1.807) is 0 Å². The van der Waals surface area contributed by atoms with E-state index in [1.165, 1.54) is 5.56 Å². The maximum Gasteiger partial charge on any atom is 0.226 e. The maximum atomic E-state index is 5.92. The molecule has 29 heavy (non-hydrogen) atoms. The number of aryl methyl sites for hydroxylation is 2. The number of hydrogen-bond acceptors (Lipinski definition) is 5. The van der Waals surface area contributed by atoms with Crippen molar-refractivity contribution in [3.05, 3.63) is 71.6 Å². The molecule has 0 aliphatic heterocycles. The van der Waals surface area contributed by atoms with Crippen molar-refractivity contribution in [1.29, 1.82) is 0 Å². The summed E-state index contributed by atoms with van der Waals surface area (Å²) < 4.78 is 17.4. The lowest BCUT2D eigenvalue weighted by Crippen LogP contribution is -2.32. The SMILES string of the molecule is CCNC(CCc1ccc(OCc2nc(-c3ccccc3)oc2C)cc1)OCC. The number of hydrogen-bond donors (Lipinski definition) is 1. The van der Waals surface area contributed by atoms with E-state index in [-0.39, 0.29) is 6.23 Å². The second kappa shape index (κ2) is 10.8. The summed E-state index contributed by atoms with van der Waals surface area (Å²) in [4.78, 5) is 4.58. The van der Waals surface area contributed by atoms with Gasteiger partial charge < -0.3 is 13.9 Å². The molecule has 154 valence electrons. The molecule has 1 aromatic heterocycles. The van der Waals surface area contributed by atoms with Crippen molar-refractivity contribution in [1.82, 2.24) is 10.3 Å². The largest absolute Gasteiger partial charge is 0.487 e. The topological polar surface area (TPSA) is 56.5 Å². The highest BCUT2D eigenvalue weighted by Crippen LogP contribution is 2.23. The smallest absolute Gasteiger partial charge is 0.226 e. The Morgan fingerprint density at radius 1 is 1.03 bits per heavy atom. The molecule has 1 heterocycles. The zero-order valence-electron chi connectivity index (χ0n) is 17.5. The summed E-state index contributed by atoms with van der Waals surface area (Å²) in [5.74, 6) is 2.23. The molecule has 0 aliphatic carbocycles. The summed E-state index contributed by atoms with van der Waals surface area (Å²) >= 11 is 0. The molecule has 0 spiro atoms. The Morgan fingerprint density at radius 2 is 1.79 bits per heavy atom.